The van der Waals surface area contributed by atoms with E-state index in [0.29, 0.717) is 24.0 Å². The summed E-state index contributed by atoms with van der Waals surface area (Å²) < 4.78 is 10.8. The molecule has 2 aromatic rings. The number of nitrogens with one attached hydrogen (secondary N) is 1. The lowest BCUT2D eigenvalue weighted by atomic mass is 10.0. The lowest BCUT2D eigenvalue weighted by Crippen LogP contribution is -2.21. The Kier molecular flexibility index (Phi) is 3.33. The highest BCUT2D eigenvalue weighted by atomic mass is 16.5. The van der Waals surface area contributed by atoms with Crippen molar-refractivity contribution < 1.29 is 9.47 Å². The molecule has 1 atom stereocenters. The van der Waals surface area contributed by atoms with Crippen molar-refractivity contribution in [3.8, 4) is 11.6 Å². The molecule has 104 valence electrons. The molecule has 1 aromatic carbocycles. The number of nitrogens with two attached hydrogens (primary N) is 1. The van der Waals surface area contributed by atoms with Gasteiger partial charge < -0.3 is 20.5 Å². The minimum atomic E-state index is 0.141. The van der Waals surface area contributed by atoms with E-state index in [9.17, 15) is 0 Å². The quantitative estimate of drug-likeness (QED) is 0.898. The van der Waals surface area contributed by atoms with Gasteiger partial charge in [0.1, 0.15) is 5.75 Å². The van der Waals surface area contributed by atoms with E-state index in [4.69, 9.17) is 15.2 Å². The molecule has 0 saturated carbocycles. The Morgan fingerprint density at radius 2 is 2.15 bits per heavy atom. The number of rotatable bonds is 3. The predicted molar refractivity (Wildman–Crippen MR) is 78.1 cm³/mol. The zero-order valence-corrected chi connectivity index (χ0v) is 11.3. The summed E-state index contributed by atoms with van der Waals surface area (Å²) in [7, 11) is 1.59. The van der Waals surface area contributed by atoms with E-state index in [0.717, 1.165) is 17.7 Å². The molecule has 0 fully saturated rings. The van der Waals surface area contributed by atoms with Crippen molar-refractivity contribution >= 4 is 11.5 Å². The Bertz CT molecular complexity index is 616. The van der Waals surface area contributed by atoms with Gasteiger partial charge in [-0.3, -0.25) is 0 Å². The molecule has 1 aliphatic heterocycles. The molecule has 0 bridgehead atoms. The lowest BCUT2D eigenvalue weighted by Gasteiger charge is -2.27. The molecule has 0 spiro atoms. The molecule has 0 amide bonds. The summed E-state index contributed by atoms with van der Waals surface area (Å²) in [6.45, 7) is 0.679. The van der Waals surface area contributed by atoms with E-state index in [1.807, 2.05) is 18.2 Å². The first-order valence-electron chi connectivity index (χ1n) is 6.56. The smallest absolute Gasteiger partial charge is 0.215 e. The number of aromatic nitrogens is 1. The van der Waals surface area contributed by atoms with Crippen LogP contribution in [0.5, 0.6) is 11.6 Å². The van der Waals surface area contributed by atoms with Gasteiger partial charge in [0.25, 0.3) is 0 Å². The third kappa shape index (κ3) is 2.34. The molecular weight excluding hydrogens is 254 g/mol. The van der Waals surface area contributed by atoms with Crippen LogP contribution in [-0.4, -0.2) is 18.7 Å². The van der Waals surface area contributed by atoms with E-state index >= 15 is 0 Å². The van der Waals surface area contributed by atoms with Crippen LogP contribution in [0, 0.1) is 0 Å². The van der Waals surface area contributed by atoms with Crippen LogP contribution in [0.25, 0.3) is 0 Å². The molecule has 5 nitrogen and oxygen atoms in total. The van der Waals surface area contributed by atoms with Crippen molar-refractivity contribution in [2.24, 2.45) is 0 Å². The summed E-state index contributed by atoms with van der Waals surface area (Å²) in [6.07, 6.45) is 0.870. The average molecular weight is 271 g/mol. The molecule has 1 aliphatic rings. The zero-order chi connectivity index (χ0) is 13.9. The average Bonchev–Trinajstić information content (AvgIpc) is 2.50. The van der Waals surface area contributed by atoms with Crippen molar-refractivity contribution in [3.05, 3.63) is 42.0 Å². The van der Waals surface area contributed by atoms with E-state index in [1.54, 1.807) is 19.2 Å². The second-order valence-corrected chi connectivity index (χ2v) is 4.66. The Morgan fingerprint density at radius 3 is 3.00 bits per heavy atom. The molecule has 0 aliphatic carbocycles. The summed E-state index contributed by atoms with van der Waals surface area (Å²) in [6, 6.07) is 11.7. The normalized spacial score (nSPS) is 16.9. The Balaban J connectivity index is 1.89. The van der Waals surface area contributed by atoms with Gasteiger partial charge >= 0.3 is 0 Å². The van der Waals surface area contributed by atoms with Crippen molar-refractivity contribution in [1.82, 2.24) is 4.98 Å². The fourth-order valence-electron chi connectivity index (χ4n) is 2.34. The van der Waals surface area contributed by atoms with Gasteiger partial charge in [0.2, 0.25) is 5.88 Å². The van der Waals surface area contributed by atoms with E-state index in [2.05, 4.69) is 16.4 Å². The zero-order valence-electron chi connectivity index (χ0n) is 11.3. The van der Waals surface area contributed by atoms with Crippen LogP contribution in [-0.2, 0) is 0 Å². The first-order chi connectivity index (χ1) is 9.78. The molecule has 1 unspecified atom stereocenters. The summed E-state index contributed by atoms with van der Waals surface area (Å²) >= 11 is 0. The number of hydrogen-bond donors (Lipinski definition) is 2. The molecule has 1 aromatic heterocycles. The SMILES string of the molecule is COc1ccc(N)c(NC2CCOc3ccccc32)n1. The van der Waals surface area contributed by atoms with Gasteiger partial charge in [-0.05, 0) is 12.1 Å². The van der Waals surface area contributed by atoms with Crippen LogP contribution in [0.3, 0.4) is 0 Å². The molecule has 3 rings (SSSR count). The minimum absolute atomic E-state index is 0.141. The molecular formula is C15H17N3O2. The van der Waals surface area contributed by atoms with E-state index in [-0.39, 0.29) is 6.04 Å². The van der Waals surface area contributed by atoms with Gasteiger partial charge in [-0.15, -0.1) is 0 Å². The highest BCUT2D eigenvalue weighted by Gasteiger charge is 2.21. The van der Waals surface area contributed by atoms with Crippen LogP contribution in [0.4, 0.5) is 11.5 Å². The van der Waals surface area contributed by atoms with Crippen molar-refractivity contribution in [3.63, 3.8) is 0 Å². The van der Waals surface area contributed by atoms with Gasteiger partial charge in [0.05, 0.1) is 25.4 Å². The van der Waals surface area contributed by atoms with Gasteiger partial charge in [-0.1, -0.05) is 18.2 Å². The van der Waals surface area contributed by atoms with Crippen LogP contribution < -0.4 is 20.5 Å². The molecule has 5 heteroatoms. The number of benzene rings is 1. The number of methoxy groups -OCH3 is 1. The summed E-state index contributed by atoms with van der Waals surface area (Å²) in [5.74, 6) is 2.10. The Hall–Kier alpha value is -2.43. The topological polar surface area (TPSA) is 69.4 Å². The minimum Gasteiger partial charge on any atom is -0.493 e. The standard InChI is InChI=1S/C15H17N3O2/c1-19-14-7-6-11(16)15(18-14)17-12-8-9-20-13-5-3-2-4-10(12)13/h2-7,12H,8-9,16H2,1H3,(H,17,18). The number of ether oxygens (including phenoxy) is 2. The number of pyridine rings is 1. The summed E-state index contributed by atoms with van der Waals surface area (Å²) in [5, 5.41) is 3.38. The molecule has 2 heterocycles. The lowest BCUT2D eigenvalue weighted by molar-refractivity contribution is 0.274. The summed E-state index contributed by atoms with van der Waals surface area (Å²) in [4.78, 5) is 4.36. The number of nitrogens with zero attached hydrogens (tertiary/aromatic N) is 1. The van der Waals surface area contributed by atoms with Gasteiger partial charge in [-0.25, -0.2) is 0 Å². The number of para-hydroxylation sites is 1. The summed E-state index contributed by atoms with van der Waals surface area (Å²) in [5.41, 5.74) is 7.70. The highest BCUT2D eigenvalue weighted by Crippen LogP contribution is 2.35. The molecule has 3 N–H and O–H groups in total. The van der Waals surface area contributed by atoms with Gasteiger partial charge in [0.15, 0.2) is 5.82 Å². The third-order valence-corrected chi connectivity index (χ3v) is 3.38. The number of fused-ring (bicyclic) bond motifs is 1. The molecule has 0 saturated heterocycles. The fourth-order valence-corrected chi connectivity index (χ4v) is 2.34. The van der Waals surface area contributed by atoms with Crippen molar-refractivity contribution in [2.75, 3.05) is 24.8 Å². The Morgan fingerprint density at radius 1 is 1.30 bits per heavy atom. The van der Waals surface area contributed by atoms with Gasteiger partial charge in [0, 0.05) is 18.1 Å². The molecule has 0 radical (unpaired) electrons. The predicted octanol–water partition coefficient (Wildman–Crippen LogP) is 2.61. The maximum atomic E-state index is 5.97. The first-order valence-corrected chi connectivity index (χ1v) is 6.56. The van der Waals surface area contributed by atoms with Crippen LogP contribution in [0.2, 0.25) is 0 Å². The highest BCUT2D eigenvalue weighted by molar-refractivity contribution is 5.63. The van der Waals surface area contributed by atoms with Crippen LogP contribution in [0.1, 0.15) is 18.0 Å². The third-order valence-electron chi connectivity index (χ3n) is 3.38. The number of hydrogen-bond acceptors (Lipinski definition) is 5. The largest absolute Gasteiger partial charge is 0.493 e. The van der Waals surface area contributed by atoms with Crippen molar-refractivity contribution in [2.45, 2.75) is 12.5 Å². The fraction of sp³-hybridized carbons (Fsp3) is 0.267. The van der Waals surface area contributed by atoms with E-state index in [1.165, 1.54) is 0 Å². The molecule has 20 heavy (non-hydrogen) atoms. The maximum absolute atomic E-state index is 5.97. The van der Waals surface area contributed by atoms with Crippen LogP contribution >= 0.6 is 0 Å². The second kappa shape index (κ2) is 5.28. The first kappa shape index (κ1) is 12.6. The second-order valence-electron chi connectivity index (χ2n) is 4.66. The monoisotopic (exact) mass is 271 g/mol. The number of nitrogen functional groups attached to an aromatic ring is 1. The van der Waals surface area contributed by atoms with Gasteiger partial charge in [-0.2, -0.15) is 4.98 Å². The van der Waals surface area contributed by atoms with E-state index < -0.39 is 0 Å². The maximum Gasteiger partial charge on any atom is 0.215 e. The van der Waals surface area contributed by atoms with Crippen molar-refractivity contribution in [1.29, 1.82) is 0 Å². The number of anilines is 2. The van der Waals surface area contributed by atoms with Crippen LogP contribution in [0.15, 0.2) is 36.4 Å². The Labute approximate surface area is 117 Å².